The van der Waals surface area contributed by atoms with Crippen LogP contribution < -0.4 is 4.90 Å². The Balaban J connectivity index is 1.33. The molecular weight excluding hydrogens is 416 g/mol. The van der Waals surface area contributed by atoms with Crippen molar-refractivity contribution in [3.8, 4) is 0 Å². The lowest BCUT2D eigenvalue weighted by atomic mass is 10.1. The van der Waals surface area contributed by atoms with Crippen molar-refractivity contribution in [2.24, 2.45) is 0 Å². The molecule has 0 spiro atoms. The topological polar surface area (TPSA) is 83.1 Å². The lowest BCUT2D eigenvalue weighted by Crippen LogP contribution is -2.49. The van der Waals surface area contributed by atoms with E-state index >= 15 is 0 Å². The lowest BCUT2D eigenvalue weighted by Gasteiger charge is -2.35. The van der Waals surface area contributed by atoms with E-state index in [2.05, 4.69) is 9.88 Å². The van der Waals surface area contributed by atoms with Crippen LogP contribution in [0.25, 0.3) is 0 Å². The highest BCUT2D eigenvalue weighted by molar-refractivity contribution is 7.89. The van der Waals surface area contributed by atoms with E-state index in [1.807, 2.05) is 36.1 Å². The van der Waals surface area contributed by atoms with Gasteiger partial charge in [-0.3, -0.25) is 4.79 Å². The first kappa shape index (κ1) is 21.7. The summed E-state index contributed by atoms with van der Waals surface area (Å²) in [6, 6.07) is 11.4. The fraction of sp³-hybridized carbons (Fsp3) is 0.455. The van der Waals surface area contributed by atoms with Crippen molar-refractivity contribution in [3.05, 3.63) is 53.7 Å². The normalized spacial score (nSPS) is 18.2. The highest BCUT2D eigenvalue weighted by Crippen LogP contribution is 2.20. The van der Waals surface area contributed by atoms with E-state index in [0.717, 1.165) is 11.4 Å². The number of carbonyl (C=O) groups is 1. The second kappa shape index (κ2) is 9.33. The number of ether oxygens (including phenoxy) is 1. The van der Waals surface area contributed by atoms with Crippen molar-refractivity contribution in [2.45, 2.75) is 18.2 Å². The van der Waals surface area contributed by atoms with Gasteiger partial charge in [0, 0.05) is 45.5 Å². The second-order valence-corrected chi connectivity index (χ2v) is 9.84. The van der Waals surface area contributed by atoms with Gasteiger partial charge in [-0.25, -0.2) is 13.4 Å². The summed E-state index contributed by atoms with van der Waals surface area (Å²) in [5.41, 5.74) is 2.21. The van der Waals surface area contributed by atoms with Gasteiger partial charge in [0.15, 0.2) is 0 Å². The minimum Gasteiger partial charge on any atom is -0.379 e. The Labute approximate surface area is 183 Å². The molecule has 4 rings (SSSR count). The minimum atomic E-state index is -3.54. The molecule has 2 aromatic rings. The molecule has 0 bridgehead atoms. The van der Waals surface area contributed by atoms with Gasteiger partial charge >= 0.3 is 0 Å². The van der Waals surface area contributed by atoms with Crippen molar-refractivity contribution in [2.75, 3.05) is 57.4 Å². The molecule has 2 fully saturated rings. The fourth-order valence-electron chi connectivity index (χ4n) is 3.83. The summed E-state index contributed by atoms with van der Waals surface area (Å²) in [5, 5.41) is 0. The maximum Gasteiger partial charge on any atom is 0.244 e. The van der Waals surface area contributed by atoms with Crippen LogP contribution in [0.1, 0.15) is 11.1 Å². The first-order chi connectivity index (χ1) is 14.9. The molecule has 0 unspecified atom stereocenters. The number of nitrogens with zero attached hydrogens (tertiary/aromatic N) is 4. The maximum absolute atomic E-state index is 12.7. The summed E-state index contributed by atoms with van der Waals surface area (Å²) in [5.74, 6) is 0.856. The van der Waals surface area contributed by atoms with Gasteiger partial charge in [-0.15, -0.1) is 0 Å². The zero-order chi connectivity index (χ0) is 21.8. The van der Waals surface area contributed by atoms with E-state index in [1.54, 1.807) is 12.1 Å². The Bertz CT molecular complexity index is 995. The summed E-state index contributed by atoms with van der Waals surface area (Å²) in [6.07, 6.45) is 1.83. The number of carbonyl (C=O) groups excluding carboxylic acids is 1. The predicted octanol–water partition coefficient (Wildman–Crippen LogP) is 1.30. The molecule has 0 atom stereocenters. The molecule has 2 aliphatic rings. The second-order valence-electron chi connectivity index (χ2n) is 7.90. The van der Waals surface area contributed by atoms with Crippen molar-refractivity contribution in [1.29, 1.82) is 0 Å². The Hall–Kier alpha value is -2.49. The molecule has 3 heterocycles. The van der Waals surface area contributed by atoms with Gasteiger partial charge in [-0.2, -0.15) is 4.31 Å². The zero-order valence-electron chi connectivity index (χ0n) is 17.7. The Kier molecular flexibility index (Phi) is 6.54. The van der Waals surface area contributed by atoms with E-state index in [9.17, 15) is 13.2 Å². The van der Waals surface area contributed by atoms with Crippen LogP contribution in [0.4, 0.5) is 5.82 Å². The number of pyridine rings is 1. The standard InChI is InChI=1S/C22H28N4O4S/c1-18-2-4-19(5-3-18)16-22(27)25-10-8-24(9-11-25)21-7-6-20(17-23-21)31(28,29)26-12-14-30-15-13-26/h2-7,17H,8-16H2,1H3. The van der Waals surface area contributed by atoms with Crippen LogP contribution >= 0.6 is 0 Å². The molecule has 8 nitrogen and oxygen atoms in total. The molecule has 1 amide bonds. The van der Waals surface area contributed by atoms with E-state index in [4.69, 9.17) is 4.74 Å². The van der Waals surface area contributed by atoms with Crippen LogP contribution in [-0.4, -0.2) is 81.0 Å². The van der Waals surface area contributed by atoms with Crippen LogP contribution in [0, 0.1) is 6.92 Å². The number of rotatable bonds is 5. The molecule has 9 heteroatoms. The quantitative estimate of drug-likeness (QED) is 0.691. The minimum absolute atomic E-state index is 0.128. The molecule has 1 aromatic carbocycles. The highest BCUT2D eigenvalue weighted by atomic mass is 32.2. The molecule has 0 radical (unpaired) electrons. The van der Waals surface area contributed by atoms with Gasteiger partial charge in [-0.05, 0) is 24.6 Å². The van der Waals surface area contributed by atoms with Crippen LogP contribution in [0.2, 0.25) is 0 Å². The van der Waals surface area contributed by atoms with E-state index in [-0.39, 0.29) is 10.8 Å². The summed E-state index contributed by atoms with van der Waals surface area (Å²) >= 11 is 0. The number of sulfonamides is 1. The molecule has 0 saturated carbocycles. The number of anilines is 1. The summed E-state index contributed by atoms with van der Waals surface area (Å²) in [4.78, 5) is 21.2. The number of hydrogen-bond donors (Lipinski definition) is 0. The van der Waals surface area contributed by atoms with E-state index in [0.29, 0.717) is 58.9 Å². The van der Waals surface area contributed by atoms with E-state index < -0.39 is 10.0 Å². The molecular formula is C22H28N4O4S. The van der Waals surface area contributed by atoms with Gasteiger partial charge in [0.1, 0.15) is 10.7 Å². The SMILES string of the molecule is Cc1ccc(CC(=O)N2CCN(c3ccc(S(=O)(=O)N4CCOCC4)cn3)CC2)cc1. The third-order valence-electron chi connectivity index (χ3n) is 5.76. The average Bonchev–Trinajstić information content (AvgIpc) is 2.81. The van der Waals surface area contributed by atoms with Gasteiger partial charge < -0.3 is 14.5 Å². The fourth-order valence-corrected chi connectivity index (χ4v) is 5.18. The third-order valence-corrected chi connectivity index (χ3v) is 7.64. The van der Waals surface area contributed by atoms with Crippen LogP contribution in [-0.2, 0) is 26.0 Å². The monoisotopic (exact) mass is 444 g/mol. The lowest BCUT2D eigenvalue weighted by molar-refractivity contribution is -0.130. The van der Waals surface area contributed by atoms with Crippen molar-refractivity contribution in [1.82, 2.24) is 14.2 Å². The summed E-state index contributed by atoms with van der Waals surface area (Å²) in [6.45, 7) is 6.18. The van der Waals surface area contributed by atoms with Gasteiger partial charge in [-0.1, -0.05) is 29.8 Å². The number of piperazine rings is 1. The Morgan fingerprint density at radius 1 is 0.968 bits per heavy atom. The summed E-state index contributed by atoms with van der Waals surface area (Å²) < 4.78 is 32.1. The van der Waals surface area contributed by atoms with Gasteiger partial charge in [0.2, 0.25) is 15.9 Å². The van der Waals surface area contributed by atoms with Crippen LogP contribution in [0.3, 0.4) is 0 Å². The smallest absolute Gasteiger partial charge is 0.244 e. The number of amides is 1. The molecule has 0 aliphatic carbocycles. The number of hydrogen-bond acceptors (Lipinski definition) is 6. The maximum atomic E-state index is 12.7. The molecule has 1 aromatic heterocycles. The molecule has 2 aliphatic heterocycles. The molecule has 166 valence electrons. The number of aromatic nitrogens is 1. The predicted molar refractivity (Wildman–Crippen MR) is 117 cm³/mol. The van der Waals surface area contributed by atoms with Crippen LogP contribution in [0.5, 0.6) is 0 Å². The highest BCUT2D eigenvalue weighted by Gasteiger charge is 2.27. The van der Waals surface area contributed by atoms with Crippen molar-refractivity contribution >= 4 is 21.7 Å². The molecule has 31 heavy (non-hydrogen) atoms. The molecule has 0 N–H and O–H groups in total. The number of benzene rings is 1. The van der Waals surface area contributed by atoms with Gasteiger partial charge in [0.25, 0.3) is 0 Å². The Morgan fingerprint density at radius 2 is 1.65 bits per heavy atom. The van der Waals surface area contributed by atoms with Crippen molar-refractivity contribution < 1.29 is 17.9 Å². The third kappa shape index (κ3) is 5.06. The first-order valence-electron chi connectivity index (χ1n) is 10.6. The average molecular weight is 445 g/mol. The van der Waals surface area contributed by atoms with Gasteiger partial charge in [0.05, 0.1) is 19.6 Å². The summed E-state index contributed by atoms with van der Waals surface area (Å²) in [7, 11) is -3.54. The number of morpholine rings is 1. The van der Waals surface area contributed by atoms with E-state index in [1.165, 1.54) is 16.1 Å². The zero-order valence-corrected chi connectivity index (χ0v) is 18.6. The number of aryl methyl sites for hydroxylation is 1. The Morgan fingerprint density at radius 3 is 2.26 bits per heavy atom. The largest absolute Gasteiger partial charge is 0.379 e. The van der Waals surface area contributed by atoms with Crippen LogP contribution in [0.15, 0.2) is 47.5 Å². The molecule has 2 saturated heterocycles. The first-order valence-corrected chi connectivity index (χ1v) is 12.0. The van der Waals surface area contributed by atoms with Crippen molar-refractivity contribution in [3.63, 3.8) is 0 Å².